The second-order valence-electron chi connectivity index (χ2n) is 1.83. The summed E-state index contributed by atoms with van der Waals surface area (Å²) in [5.41, 5.74) is 5.52. The summed E-state index contributed by atoms with van der Waals surface area (Å²) in [5.74, 6) is 0. The van der Waals surface area contributed by atoms with Gasteiger partial charge in [0.1, 0.15) is 5.16 Å². The van der Waals surface area contributed by atoms with Crippen LogP contribution in [0.3, 0.4) is 0 Å². The van der Waals surface area contributed by atoms with E-state index in [-0.39, 0.29) is 10.9 Å². The Morgan fingerprint density at radius 1 is 1.82 bits per heavy atom. The SMILES string of the molecule is COCCN/C(Cl)=C(/N)C=N. The summed E-state index contributed by atoms with van der Waals surface area (Å²) in [5, 5.41) is 9.82. The molecule has 0 aliphatic carbocycles. The largest absolute Gasteiger partial charge is 0.395 e. The summed E-state index contributed by atoms with van der Waals surface area (Å²) in [4.78, 5) is 0. The second-order valence-corrected chi connectivity index (χ2v) is 2.21. The summed E-state index contributed by atoms with van der Waals surface area (Å²) in [7, 11) is 1.60. The van der Waals surface area contributed by atoms with Gasteiger partial charge in [0.2, 0.25) is 0 Å². The first-order valence-electron chi connectivity index (χ1n) is 3.11. The minimum absolute atomic E-state index is 0.225. The number of hydrogen-bond acceptors (Lipinski definition) is 4. The third-order valence-corrected chi connectivity index (χ3v) is 1.35. The van der Waals surface area contributed by atoms with E-state index < -0.39 is 0 Å². The van der Waals surface area contributed by atoms with Crippen molar-refractivity contribution in [1.82, 2.24) is 5.32 Å². The minimum atomic E-state index is 0.225. The molecule has 0 fully saturated rings. The highest BCUT2D eigenvalue weighted by atomic mass is 35.5. The standard InChI is InChI=1S/C6H12ClN3O/c1-11-3-2-10-6(7)5(9)4-8/h4,8,10H,2-3,9H2,1H3/b6-5+,8-4?. The van der Waals surface area contributed by atoms with Crippen LogP contribution < -0.4 is 11.1 Å². The summed E-state index contributed by atoms with van der Waals surface area (Å²) >= 11 is 5.60. The predicted octanol–water partition coefficient (Wildman–Crippen LogP) is 0.239. The molecule has 4 nitrogen and oxygen atoms in total. The predicted molar refractivity (Wildman–Crippen MR) is 45.7 cm³/mol. The highest BCUT2D eigenvalue weighted by molar-refractivity contribution is 6.30. The molecule has 0 amide bonds. The number of nitrogens with two attached hydrogens (primary N) is 1. The van der Waals surface area contributed by atoms with E-state index in [9.17, 15) is 0 Å². The third-order valence-electron chi connectivity index (χ3n) is 0.995. The second kappa shape index (κ2) is 6.00. The first kappa shape index (κ1) is 10.3. The fraction of sp³-hybridized carbons (Fsp3) is 0.500. The van der Waals surface area contributed by atoms with Crippen molar-refractivity contribution in [3.8, 4) is 0 Å². The van der Waals surface area contributed by atoms with E-state index in [4.69, 9.17) is 27.5 Å². The van der Waals surface area contributed by atoms with Crippen molar-refractivity contribution < 1.29 is 4.74 Å². The molecule has 0 saturated heterocycles. The first-order valence-corrected chi connectivity index (χ1v) is 3.48. The zero-order valence-electron chi connectivity index (χ0n) is 6.36. The van der Waals surface area contributed by atoms with E-state index >= 15 is 0 Å². The quantitative estimate of drug-likeness (QED) is 0.320. The Morgan fingerprint density at radius 3 is 2.91 bits per heavy atom. The van der Waals surface area contributed by atoms with Crippen molar-refractivity contribution in [2.24, 2.45) is 5.73 Å². The molecule has 0 bridgehead atoms. The van der Waals surface area contributed by atoms with Crippen LogP contribution in [-0.4, -0.2) is 26.5 Å². The van der Waals surface area contributed by atoms with Gasteiger partial charge in [0, 0.05) is 19.9 Å². The fourth-order valence-electron chi connectivity index (χ4n) is 0.428. The highest BCUT2D eigenvalue weighted by Crippen LogP contribution is 1.96. The molecule has 0 heterocycles. The molecule has 0 aromatic carbocycles. The van der Waals surface area contributed by atoms with E-state index in [1.54, 1.807) is 7.11 Å². The van der Waals surface area contributed by atoms with Gasteiger partial charge < -0.3 is 21.2 Å². The van der Waals surface area contributed by atoms with Crippen molar-refractivity contribution in [2.45, 2.75) is 0 Å². The average molecular weight is 178 g/mol. The van der Waals surface area contributed by atoms with Crippen molar-refractivity contribution in [3.05, 3.63) is 10.9 Å². The van der Waals surface area contributed by atoms with E-state index in [0.717, 1.165) is 6.21 Å². The van der Waals surface area contributed by atoms with Crippen molar-refractivity contribution in [3.63, 3.8) is 0 Å². The summed E-state index contributed by atoms with van der Waals surface area (Å²) in [6.45, 7) is 1.14. The molecule has 11 heavy (non-hydrogen) atoms. The summed E-state index contributed by atoms with van der Waals surface area (Å²) < 4.78 is 4.76. The zero-order chi connectivity index (χ0) is 8.69. The summed E-state index contributed by atoms with van der Waals surface area (Å²) in [6.07, 6.45) is 0.988. The van der Waals surface area contributed by atoms with Gasteiger partial charge >= 0.3 is 0 Å². The lowest BCUT2D eigenvalue weighted by atomic mass is 10.5. The number of hydrogen-bond donors (Lipinski definition) is 3. The smallest absolute Gasteiger partial charge is 0.127 e. The Bertz CT molecular complexity index is 158. The lowest BCUT2D eigenvalue weighted by Crippen LogP contribution is -2.19. The molecule has 4 N–H and O–H groups in total. The van der Waals surface area contributed by atoms with E-state index in [1.165, 1.54) is 0 Å². The van der Waals surface area contributed by atoms with Crippen LogP contribution in [0.25, 0.3) is 0 Å². The van der Waals surface area contributed by atoms with Gasteiger partial charge in [-0.3, -0.25) is 0 Å². The molecular weight excluding hydrogens is 166 g/mol. The molecule has 0 aromatic heterocycles. The van der Waals surface area contributed by atoms with Gasteiger partial charge in [-0.2, -0.15) is 0 Å². The molecule has 0 rings (SSSR count). The molecule has 0 unspecified atom stereocenters. The van der Waals surface area contributed by atoms with Crippen LogP contribution in [-0.2, 0) is 4.74 Å². The van der Waals surface area contributed by atoms with Crippen LogP contribution in [0.4, 0.5) is 0 Å². The van der Waals surface area contributed by atoms with Gasteiger partial charge in [-0.1, -0.05) is 11.6 Å². The van der Waals surface area contributed by atoms with Gasteiger partial charge in [-0.15, -0.1) is 0 Å². The molecule has 0 saturated carbocycles. The number of halogens is 1. The molecular formula is C6H12ClN3O. The van der Waals surface area contributed by atoms with E-state index in [1.807, 2.05) is 0 Å². The third kappa shape index (κ3) is 4.64. The van der Waals surface area contributed by atoms with Gasteiger partial charge in [-0.05, 0) is 0 Å². The van der Waals surface area contributed by atoms with Crippen molar-refractivity contribution >= 4 is 17.8 Å². The Balaban J connectivity index is 3.67. The Hall–Kier alpha value is -0.740. The number of ether oxygens (including phenoxy) is 1. The monoisotopic (exact) mass is 177 g/mol. The number of nitrogens with one attached hydrogen (secondary N) is 2. The topological polar surface area (TPSA) is 71.1 Å². The van der Waals surface area contributed by atoms with Gasteiger partial charge in [-0.25, -0.2) is 0 Å². The van der Waals surface area contributed by atoms with Crippen LogP contribution >= 0.6 is 11.6 Å². The average Bonchev–Trinajstić information content (AvgIpc) is 2.03. The minimum Gasteiger partial charge on any atom is -0.395 e. The normalized spacial score (nSPS) is 12.2. The maximum atomic E-state index is 6.76. The van der Waals surface area contributed by atoms with Gasteiger partial charge in [0.05, 0.1) is 12.3 Å². The zero-order valence-corrected chi connectivity index (χ0v) is 7.11. The van der Waals surface area contributed by atoms with Crippen LogP contribution in [0.5, 0.6) is 0 Å². The molecule has 5 heteroatoms. The Labute approximate surface area is 70.9 Å². The number of methoxy groups -OCH3 is 1. The van der Waals surface area contributed by atoms with Gasteiger partial charge in [0.25, 0.3) is 0 Å². The Kier molecular flexibility index (Phi) is 5.60. The molecule has 0 atom stereocenters. The first-order chi connectivity index (χ1) is 5.22. The van der Waals surface area contributed by atoms with Gasteiger partial charge in [0.15, 0.2) is 0 Å². The molecule has 0 radical (unpaired) electrons. The fourth-order valence-corrected chi connectivity index (χ4v) is 0.577. The van der Waals surface area contributed by atoms with Crippen LogP contribution in [0.15, 0.2) is 10.9 Å². The molecule has 0 aromatic rings. The maximum absolute atomic E-state index is 6.76. The van der Waals surface area contributed by atoms with Crippen LogP contribution in [0, 0.1) is 5.41 Å². The van der Waals surface area contributed by atoms with Crippen LogP contribution in [0.2, 0.25) is 0 Å². The molecule has 64 valence electrons. The number of rotatable bonds is 5. The molecule has 0 aliphatic heterocycles. The Morgan fingerprint density at radius 2 is 2.45 bits per heavy atom. The summed E-state index contributed by atoms with van der Waals surface area (Å²) in [6, 6.07) is 0. The van der Waals surface area contributed by atoms with E-state index in [2.05, 4.69) is 5.32 Å². The maximum Gasteiger partial charge on any atom is 0.127 e. The molecule has 0 aliphatic rings. The van der Waals surface area contributed by atoms with Crippen molar-refractivity contribution in [2.75, 3.05) is 20.3 Å². The number of allylic oxidation sites excluding steroid dienone is 1. The van der Waals surface area contributed by atoms with E-state index in [0.29, 0.717) is 13.2 Å². The highest BCUT2D eigenvalue weighted by Gasteiger charge is 1.94. The molecule has 0 spiro atoms. The lowest BCUT2D eigenvalue weighted by Gasteiger charge is -2.04. The van der Waals surface area contributed by atoms with Crippen LogP contribution in [0.1, 0.15) is 0 Å². The lowest BCUT2D eigenvalue weighted by molar-refractivity contribution is 0.202. The van der Waals surface area contributed by atoms with Crippen molar-refractivity contribution in [1.29, 1.82) is 5.41 Å².